The van der Waals surface area contributed by atoms with E-state index in [-0.39, 0.29) is 12.3 Å². The van der Waals surface area contributed by atoms with Crippen molar-refractivity contribution in [3.05, 3.63) is 65.6 Å². The third-order valence-corrected chi connectivity index (χ3v) is 3.86. The summed E-state index contributed by atoms with van der Waals surface area (Å²) in [6.45, 7) is 0. The molecule has 0 radical (unpaired) electrons. The Kier molecular flexibility index (Phi) is 4.82. The molecule has 5 nitrogen and oxygen atoms in total. The average molecular weight is 343 g/mol. The highest BCUT2D eigenvalue weighted by atomic mass is 35.5. The number of oxazole rings is 1. The van der Waals surface area contributed by atoms with E-state index in [1.807, 2.05) is 24.3 Å². The molecule has 3 aromatic rings. The topological polar surface area (TPSA) is 64.4 Å². The average Bonchev–Trinajstić information content (AvgIpc) is 3.11. The maximum atomic E-state index is 12.2. The zero-order chi connectivity index (χ0) is 16.9. The first-order valence-corrected chi connectivity index (χ1v) is 7.65. The van der Waals surface area contributed by atoms with Crippen molar-refractivity contribution < 1.29 is 13.9 Å². The van der Waals surface area contributed by atoms with Gasteiger partial charge in [0, 0.05) is 16.8 Å². The van der Waals surface area contributed by atoms with Gasteiger partial charge in [-0.1, -0.05) is 29.8 Å². The zero-order valence-electron chi connectivity index (χ0n) is 13.0. The van der Waals surface area contributed by atoms with Crippen LogP contribution in [0.5, 0.6) is 5.75 Å². The molecule has 0 unspecified atom stereocenters. The number of methoxy groups -OCH3 is 1. The number of carbonyl (C=O) groups is 1. The molecular weight excluding hydrogens is 328 g/mol. The summed E-state index contributed by atoms with van der Waals surface area (Å²) in [5.74, 6) is 1.03. The van der Waals surface area contributed by atoms with Crippen molar-refractivity contribution in [3.63, 3.8) is 0 Å². The lowest BCUT2D eigenvalue weighted by atomic mass is 10.1. The lowest BCUT2D eigenvalue weighted by Gasteiger charge is -2.10. The zero-order valence-corrected chi connectivity index (χ0v) is 13.7. The standard InChI is InChI=1S/C18H15ClN2O3/c1-23-16-9-13(6-7-14(16)17-10-20-11-24-17)21-18(22)8-12-4-2-3-5-15(12)19/h2-7,9-11H,8H2,1H3,(H,21,22). The van der Waals surface area contributed by atoms with E-state index in [2.05, 4.69) is 10.3 Å². The molecule has 1 heterocycles. The molecule has 0 spiro atoms. The summed E-state index contributed by atoms with van der Waals surface area (Å²) in [6, 6.07) is 12.6. The lowest BCUT2D eigenvalue weighted by Crippen LogP contribution is -2.14. The Hall–Kier alpha value is -2.79. The van der Waals surface area contributed by atoms with Gasteiger partial charge >= 0.3 is 0 Å². The number of nitrogens with one attached hydrogen (secondary N) is 1. The molecule has 0 aliphatic heterocycles. The number of benzene rings is 2. The maximum absolute atomic E-state index is 12.2. The molecule has 122 valence electrons. The first kappa shape index (κ1) is 16.1. The Labute approximate surface area is 144 Å². The third kappa shape index (κ3) is 3.58. The highest BCUT2D eigenvalue weighted by Crippen LogP contribution is 2.32. The number of ether oxygens (including phenoxy) is 1. The van der Waals surface area contributed by atoms with E-state index in [1.54, 1.807) is 31.5 Å². The van der Waals surface area contributed by atoms with Crippen LogP contribution in [0.25, 0.3) is 11.3 Å². The fourth-order valence-electron chi connectivity index (χ4n) is 2.34. The van der Waals surface area contributed by atoms with E-state index in [4.69, 9.17) is 20.8 Å². The van der Waals surface area contributed by atoms with Gasteiger partial charge in [0.2, 0.25) is 5.91 Å². The van der Waals surface area contributed by atoms with Crippen molar-refractivity contribution in [3.8, 4) is 17.1 Å². The van der Waals surface area contributed by atoms with Gasteiger partial charge in [-0.2, -0.15) is 0 Å². The Morgan fingerprint density at radius 1 is 1.29 bits per heavy atom. The molecule has 24 heavy (non-hydrogen) atoms. The van der Waals surface area contributed by atoms with Gasteiger partial charge in [-0.3, -0.25) is 4.79 Å². The Bertz CT molecular complexity index is 847. The van der Waals surface area contributed by atoms with Gasteiger partial charge in [0.05, 0.1) is 25.3 Å². The number of hydrogen-bond donors (Lipinski definition) is 1. The molecular formula is C18H15ClN2O3. The maximum Gasteiger partial charge on any atom is 0.228 e. The molecule has 1 amide bonds. The highest BCUT2D eigenvalue weighted by molar-refractivity contribution is 6.31. The number of hydrogen-bond acceptors (Lipinski definition) is 4. The Balaban J connectivity index is 1.76. The third-order valence-electron chi connectivity index (χ3n) is 3.49. The number of carbonyl (C=O) groups excluding carboxylic acids is 1. The number of aromatic nitrogens is 1. The minimum absolute atomic E-state index is 0.155. The van der Waals surface area contributed by atoms with E-state index >= 15 is 0 Å². The molecule has 2 aromatic carbocycles. The van der Waals surface area contributed by atoms with E-state index < -0.39 is 0 Å². The van der Waals surface area contributed by atoms with Crippen molar-refractivity contribution >= 4 is 23.2 Å². The van der Waals surface area contributed by atoms with Crippen LogP contribution in [0, 0.1) is 0 Å². The number of anilines is 1. The first-order chi connectivity index (χ1) is 11.7. The Morgan fingerprint density at radius 2 is 2.12 bits per heavy atom. The number of halogens is 1. The van der Waals surface area contributed by atoms with Crippen molar-refractivity contribution in [2.75, 3.05) is 12.4 Å². The highest BCUT2D eigenvalue weighted by Gasteiger charge is 2.12. The smallest absolute Gasteiger partial charge is 0.228 e. The van der Waals surface area contributed by atoms with Gasteiger partial charge in [-0.05, 0) is 23.8 Å². The summed E-state index contributed by atoms with van der Waals surface area (Å²) in [4.78, 5) is 16.1. The van der Waals surface area contributed by atoms with Gasteiger partial charge < -0.3 is 14.5 Å². The first-order valence-electron chi connectivity index (χ1n) is 7.27. The van der Waals surface area contributed by atoms with Gasteiger partial charge in [-0.15, -0.1) is 0 Å². The van der Waals surface area contributed by atoms with Crippen molar-refractivity contribution in [2.24, 2.45) is 0 Å². The minimum atomic E-state index is -0.155. The van der Waals surface area contributed by atoms with E-state index in [0.29, 0.717) is 22.2 Å². The second kappa shape index (κ2) is 7.19. The summed E-state index contributed by atoms with van der Waals surface area (Å²) in [6.07, 6.45) is 3.16. The predicted octanol–water partition coefficient (Wildman–Crippen LogP) is 4.18. The van der Waals surface area contributed by atoms with Gasteiger partial charge in [0.25, 0.3) is 0 Å². The molecule has 1 N–H and O–H groups in total. The Morgan fingerprint density at radius 3 is 2.83 bits per heavy atom. The molecule has 1 aromatic heterocycles. The van der Waals surface area contributed by atoms with Crippen LogP contribution in [0.2, 0.25) is 5.02 Å². The van der Waals surface area contributed by atoms with Crippen molar-refractivity contribution in [1.82, 2.24) is 4.98 Å². The molecule has 0 aliphatic rings. The second-order valence-electron chi connectivity index (χ2n) is 5.10. The van der Waals surface area contributed by atoms with Gasteiger partial charge in [-0.25, -0.2) is 4.98 Å². The monoisotopic (exact) mass is 342 g/mol. The van der Waals surface area contributed by atoms with Crippen LogP contribution in [-0.2, 0) is 11.2 Å². The summed E-state index contributed by atoms with van der Waals surface area (Å²) in [5.41, 5.74) is 2.17. The fourth-order valence-corrected chi connectivity index (χ4v) is 2.54. The quantitative estimate of drug-likeness (QED) is 0.755. The summed E-state index contributed by atoms with van der Waals surface area (Å²) >= 11 is 6.08. The summed E-state index contributed by atoms with van der Waals surface area (Å²) in [5, 5.41) is 3.42. The van der Waals surface area contributed by atoms with Crippen LogP contribution in [0.1, 0.15) is 5.56 Å². The largest absolute Gasteiger partial charge is 0.496 e. The van der Waals surface area contributed by atoms with Crippen LogP contribution in [0.4, 0.5) is 5.69 Å². The lowest BCUT2D eigenvalue weighted by molar-refractivity contribution is -0.115. The van der Waals surface area contributed by atoms with Crippen LogP contribution in [-0.4, -0.2) is 18.0 Å². The minimum Gasteiger partial charge on any atom is -0.496 e. The SMILES string of the molecule is COc1cc(NC(=O)Cc2ccccc2Cl)ccc1-c1cnco1. The molecule has 0 fully saturated rings. The van der Waals surface area contributed by atoms with Crippen LogP contribution >= 0.6 is 11.6 Å². The van der Waals surface area contributed by atoms with E-state index in [0.717, 1.165) is 11.1 Å². The number of rotatable bonds is 5. The summed E-state index contributed by atoms with van der Waals surface area (Å²) in [7, 11) is 1.56. The fraction of sp³-hybridized carbons (Fsp3) is 0.111. The van der Waals surface area contributed by atoms with Crippen LogP contribution < -0.4 is 10.1 Å². The summed E-state index contributed by atoms with van der Waals surface area (Å²) < 4.78 is 10.7. The van der Waals surface area contributed by atoms with Crippen LogP contribution in [0.3, 0.4) is 0 Å². The molecule has 0 aliphatic carbocycles. The number of amides is 1. The molecule has 3 rings (SSSR count). The molecule has 0 saturated heterocycles. The second-order valence-corrected chi connectivity index (χ2v) is 5.50. The van der Waals surface area contributed by atoms with Crippen molar-refractivity contribution in [1.29, 1.82) is 0 Å². The molecule has 6 heteroatoms. The van der Waals surface area contributed by atoms with Crippen molar-refractivity contribution in [2.45, 2.75) is 6.42 Å². The predicted molar refractivity (Wildman–Crippen MR) is 92.3 cm³/mol. The normalized spacial score (nSPS) is 10.4. The number of nitrogens with zero attached hydrogens (tertiary/aromatic N) is 1. The molecule has 0 atom stereocenters. The molecule has 0 saturated carbocycles. The van der Waals surface area contributed by atoms with E-state index in [9.17, 15) is 4.79 Å². The van der Waals surface area contributed by atoms with Crippen LogP contribution in [0.15, 0.2) is 59.5 Å². The van der Waals surface area contributed by atoms with E-state index in [1.165, 1.54) is 6.39 Å². The van der Waals surface area contributed by atoms with Gasteiger partial charge in [0.1, 0.15) is 5.75 Å². The van der Waals surface area contributed by atoms with Gasteiger partial charge in [0.15, 0.2) is 12.2 Å². The molecule has 0 bridgehead atoms.